The van der Waals surface area contributed by atoms with Crippen LogP contribution in [0.4, 0.5) is 5.69 Å². The van der Waals surface area contributed by atoms with Gasteiger partial charge in [0.25, 0.3) is 5.56 Å². The second kappa shape index (κ2) is 9.44. The van der Waals surface area contributed by atoms with Gasteiger partial charge in [-0.3, -0.25) is 14.2 Å². The van der Waals surface area contributed by atoms with Crippen molar-refractivity contribution < 1.29 is 9.53 Å². The molecular weight excluding hydrogens is 434 g/mol. The molecule has 9 nitrogen and oxygen atoms in total. The first-order valence-corrected chi connectivity index (χ1v) is 10.2. The number of aromatic amines is 1. The number of amides is 1. The summed E-state index contributed by atoms with van der Waals surface area (Å²) in [5, 5.41) is 3.02. The second-order valence-corrected chi connectivity index (χ2v) is 7.23. The van der Waals surface area contributed by atoms with E-state index < -0.39 is 11.2 Å². The minimum absolute atomic E-state index is 0.0240. The Labute approximate surface area is 186 Å². The molecule has 10 heteroatoms. The zero-order chi connectivity index (χ0) is 22.5. The van der Waals surface area contributed by atoms with Crippen LogP contribution in [0.5, 0.6) is 11.8 Å². The van der Waals surface area contributed by atoms with E-state index in [4.69, 9.17) is 16.3 Å². The normalized spacial score (nSPS) is 10.8. The summed E-state index contributed by atoms with van der Waals surface area (Å²) < 4.78 is 6.68. The van der Waals surface area contributed by atoms with E-state index in [1.165, 1.54) is 6.07 Å². The fourth-order valence-corrected chi connectivity index (χ4v) is 3.29. The van der Waals surface area contributed by atoms with E-state index in [9.17, 15) is 14.4 Å². The fourth-order valence-electron chi connectivity index (χ4n) is 3.12. The van der Waals surface area contributed by atoms with Crippen LogP contribution in [-0.4, -0.2) is 31.3 Å². The molecule has 0 bridgehead atoms. The lowest BCUT2D eigenvalue weighted by Crippen LogP contribution is -2.35. The third-order valence-electron chi connectivity index (χ3n) is 4.58. The van der Waals surface area contributed by atoms with Crippen molar-refractivity contribution in [3.63, 3.8) is 0 Å². The van der Waals surface area contributed by atoms with Crippen LogP contribution >= 0.6 is 11.6 Å². The highest BCUT2D eigenvalue weighted by atomic mass is 35.5. The number of ether oxygens (including phenoxy) is 1. The van der Waals surface area contributed by atoms with Gasteiger partial charge in [-0.15, -0.1) is 11.6 Å². The molecule has 0 spiro atoms. The van der Waals surface area contributed by atoms with Gasteiger partial charge in [0.15, 0.2) is 0 Å². The highest BCUT2D eigenvalue weighted by Crippen LogP contribution is 2.20. The monoisotopic (exact) mass is 451 g/mol. The van der Waals surface area contributed by atoms with Gasteiger partial charge in [0.05, 0.1) is 17.4 Å². The third-order valence-corrected chi connectivity index (χ3v) is 4.77. The Hall–Kier alpha value is -3.98. The molecule has 0 aliphatic rings. The first-order chi connectivity index (χ1) is 15.5. The zero-order valence-electron chi connectivity index (χ0n) is 16.7. The van der Waals surface area contributed by atoms with Gasteiger partial charge < -0.3 is 15.0 Å². The number of benzene rings is 2. The molecule has 4 aromatic rings. The van der Waals surface area contributed by atoms with Crippen molar-refractivity contribution in [3.05, 3.63) is 87.3 Å². The number of fused-ring (bicyclic) bond motifs is 1. The van der Waals surface area contributed by atoms with Gasteiger partial charge in [-0.05, 0) is 42.0 Å². The number of rotatable bonds is 7. The van der Waals surface area contributed by atoms with Gasteiger partial charge >= 0.3 is 11.7 Å². The average Bonchev–Trinajstić information content (AvgIpc) is 2.78. The average molecular weight is 452 g/mol. The number of halogens is 1. The Balaban J connectivity index is 1.65. The van der Waals surface area contributed by atoms with Crippen LogP contribution in [-0.2, 0) is 11.3 Å². The molecule has 0 aliphatic carbocycles. The fraction of sp³-hybridized carbons (Fsp3) is 0.136. The maximum atomic E-state index is 13.1. The lowest BCUT2D eigenvalue weighted by molar-refractivity contribution is -0.115. The largest absolute Gasteiger partial charge is 0.424 e. The summed E-state index contributed by atoms with van der Waals surface area (Å²) in [4.78, 5) is 48.1. The van der Waals surface area contributed by atoms with Gasteiger partial charge in [-0.2, -0.15) is 0 Å². The molecule has 0 atom stereocenters. The molecule has 0 aliphatic heterocycles. The molecule has 0 fully saturated rings. The van der Waals surface area contributed by atoms with Gasteiger partial charge in [-0.25, -0.2) is 14.8 Å². The highest BCUT2D eigenvalue weighted by molar-refractivity contribution is 6.19. The van der Waals surface area contributed by atoms with E-state index >= 15 is 0 Å². The number of carbonyl (C=O) groups is 1. The zero-order valence-corrected chi connectivity index (χ0v) is 17.5. The molecule has 0 saturated heterocycles. The SMILES string of the molecule is O=C(CCCl)Nc1cccc(Cn2c(=O)[nH]c3ccc(Oc4ncccn4)cc3c2=O)c1. The van der Waals surface area contributed by atoms with E-state index in [0.29, 0.717) is 22.5 Å². The van der Waals surface area contributed by atoms with Crippen molar-refractivity contribution in [2.75, 3.05) is 11.2 Å². The highest BCUT2D eigenvalue weighted by Gasteiger charge is 2.11. The lowest BCUT2D eigenvalue weighted by atomic mass is 10.2. The summed E-state index contributed by atoms with van der Waals surface area (Å²) >= 11 is 5.59. The number of aromatic nitrogens is 4. The summed E-state index contributed by atoms with van der Waals surface area (Å²) in [7, 11) is 0. The first kappa shape index (κ1) is 21.3. The van der Waals surface area contributed by atoms with E-state index in [0.717, 1.165) is 4.57 Å². The molecule has 2 aromatic heterocycles. The van der Waals surface area contributed by atoms with Crippen molar-refractivity contribution >= 4 is 34.1 Å². The predicted molar refractivity (Wildman–Crippen MR) is 120 cm³/mol. The maximum absolute atomic E-state index is 13.1. The van der Waals surface area contributed by atoms with Gasteiger partial charge in [0.1, 0.15) is 5.75 Å². The number of anilines is 1. The Morgan fingerprint density at radius 1 is 1.09 bits per heavy atom. The van der Waals surface area contributed by atoms with E-state index in [1.54, 1.807) is 54.9 Å². The van der Waals surface area contributed by atoms with Crippen molar-refractivity contribution in [2.45, 2.75) is 13.0 Å². The van der Waals surface area contributed by atoms with Gasteiger partial charge in [0.2, 0.25) is 5.91 Å². The smallest absolute Gasteiger partial charge is 0.329 e. The molecule has 0 saturated carbocycles. The van der Waals surface area contributed by atoms with Gasteiger partial charge in [-0.1, -0.05) is 12.1 Å². The van der Waals surface area contributed by atoms with Crippen LogP contribution in [0.25, 0.3) is 10.9 Å². The van der Waals surface area contributed by atoms with Crippen molar-refractivity contribution in [3.8, 4) is 11.8 Å². The second-order valence-electron chi connectivity index (χ2n) is 6.85. The van der Waals surface area contributed by atoms with Crippen LogP contribution in [0.15, 0.2) is 70.5 Å². The number of hydrogen-bond acceptors (Lipinski definition) is 6. The van der Waals surface area contributed by atoms with Crippen LogP contribution in [0.3, 0.4) is 0 Å². The predicted octanol–water partition coefficient (Wildman–Crippen LogP) is 2.89. The van der Waals surface area contributed by atoms with Crippen molar-refractivity contribution in [2.24, 2.45) is 0 Å². The molecule has 2 heterocycles. The summed E-state index contributed by atoms with van der Waals surface area (Å²) in [5.74, 6) is 0.367. The first-order valence-electron chi connectivity index (χ1n) is 9.70. The van der Waals surface area contributed by atoms with Crippen LogP contribution < -0.4 is 21.3 Å². The van der Waals surface area contributed by atoms with Crippen molar-refractivity contribution in [1.82, 2.24) is 19.5 Å². The summed E-state index contributed by atoms with van der Waals surface area (Å²) in [5.41, 5.74) is 0.603. The summed E-state index contributed by atoms with van der Waals surface area (Å²) in [6.07, 6.45) is 3.27. The lowest BCUT2D eigenvalue weighted by Gasteiger charge is -2.10. The van der Waals surface area contributed by atoms with Crippen molar-refractivity contribution in [1.29, 1.82) is 0 Å². The Kier molecular flexibility index (Phi) is 6.27. The minimum Gasteiger partial charge on any atom is -0.424 e. The Bertz CT molecular complexity index is 1380. The van der Waals surface area contributed by atoms with E-state index in [2.05, 4.69) is 20.3 Å². The molecule has 32 heavy (non-hydrogen) atoms. The number of nitrogens with zero attached hydrogens (tertiary/aromatic N) is 3. The number of alkyl halides is 1. The number of nitrogens with one attached hydrogen (secondary N) is 2. The van der Waals surface area contributed by atoms with E-state index in [-0.39, 0.29) is 36.1 Å². The summed E-state index contributed by atoms with van der Waals surface area (Å²) in [6.45, 7) is 0.0240. The Morgan fingerprint density at radius 3 is 2.69 bits per heavy atom. The molecular formula is C22H18ClN5O4. The molecule has 0 radical (unpaired) electrons. The molecule has 2 N–H and O–H groups in total. The topological polar surface area (TPSA) is 119 Å². The molecule has 0 unspecified atom stereocenters. The standard InChI is InChI=1S/C22H18ClN5O4/c23-8-7-19(29)26-15-4-1-3-14(11-15)13-28-20(30)17-12-16(5-6-18(17)27-22(28)31)32-21-24-9-2-10-25-21/h1-6,9-12H,7-8,13H2,(H,26,29)(H,27,31). The number of hydrogen-bond donors (Lipinski definition) is 2. The number of H-pyrrole nitrogens is 1. The van der Waals surface area contributed by atoms with Crippen LogP contribution in [0.2, 0.25) is 0 Å². The molecule has 162 valence electrons. The molecule has 2 aromatic carbocycles. The number of carbonyl (C=O) groups excluding carboxylic acids is 1. The van der Waals surface area contributed by atoms with Crippen LogP contribution in [0, 0.1) is 0 Å². The molecule has 1 amide bonds. The van der Waals surface area contributed by atoms with Gasteiger partial charge in [0, 0.05) is 30.4 Å². The summed E-state index contributed by atoms with van der Waals surface area (Å²) in [6, 6.07) is 13.5. The maximum Gasteiger partial charge on any atom is 0.329 e. The van der Waals surface area contributed by atoms with Crippen LogP contribution in [0.1, 0.15) is 12.0 Å². The quantitative estimate of drug-likeness (QED) is 0.417. The Morgan fingerprint density at radius 2 is 1.91 bits per heavy atom. The molecule has 4 rings (SSSR count). The van der Waals surface area contributed by atoms with E-state index in [1.807, 2.05) is 0 Å². The third kappa shape index (κ3) is 4.84. The minimum atomic E-state index is -0.542.